The molecule has 0 spiro atoms. The molecule has 0 heterocycles. The van der Waals surface area contributed by atoms with Gasteiger partial charge in [0.25, 0.3) is 0 Å². The molecule has 0 amide bonds. The highest BCUT2D eigenvalue weighted by atomic mass is 79.9. The third-order valence-corrected chi connectivity index (χ3v) is 4.12. The van der Waals surface area contributed by atoms with Crippen molar-refractivity contribution in [3.05, 3.63) is 64.1 Å². The number of alkyl halides is 3. The van der Waals surface area contributed by atoms with Gasteiger partial charge in [-0.2, -0.15) is 8.78 Å². The smallest absolute Gasteiger partial charge is 0.387 e. The Morgan fingerprint density at radius 1 is 1.05 bits per heavy atom. The number of rotatable bonds is 5. The molecule has 106 valence electrons. The van der Waals surface area contributed by atoms with E-state index in [0.717, 1.165) is 16.5 Å². The fourth-order valence-corrected chi connectivity index (χ4v) is 2.97. The van der Waals surface area contributed by atoms with Gasteiger partial charge >= 0.3 is 6.61 Å². The van der Waals surface area contributed by atoms with Gasteiger partial charge in [-0.3, -0.25) is 0 Å². The quantitative estimate of drug-likeness (QED) is 0.577. The lowest BCUT2D eigenvalue weighted by atomic mass is 10.0. The van der Waals surface area contributed by atoms with Crippen LogP contribution in [0.4, 0.5) is 8.78 Å². The van der Waals surface area contributed by atoms with Crippen LogP contribution < -0.4 is 4.74 Å². The summed E-state index contributed by atoms with van der Waals surface area (Å²) in [5.74, 6) is 0.172. The van der Waals surface area contributed by atoms with Crippen LogP contribution in [0.2, 0.25) is 0 Å². The van der Waals surface area contributed by atoms with Crippen LogP contribution in [0, 0.1) is 0 Å². The average molecular weight is 406 g/mol. The van der Waals surface area contributed by atoms with Crippen LogP contribution >= 0.6 is 31.9 Å². The van der Waals surface area contributed by atoms with Crippen LogP contribution in [0.15, 0.2) is 53.0 Å². The Bertz CT molecular complexity index is 558. The molecule has 1 nitrogen and oxygen atoms in total. The number of ether oxygens (including phenoxy) is 1. The molecule has 0 aliphatic heterocycles. The summed E-state index contributed by atoms with van der Waals surface area (Å²) < 4.78 is 29.5. The number of benzene rings is 2. The minimum absolute atomic E-state index is 0.123. The van der Waals surface area contributed by atoms with Crippen molar-refractivity contribution < 1.29 is 13.5 Å². The molecule has 1 atom stereocenters. The van der Waals surface area contributed by atoms with Crippen molar-refractivity contribution in [1.82, 2.24) is 0 Å². The molecule has 0 aromatic heterocycles. The summed E-state index contributed by atoms with van der Waals surface area (Å²) >= 11 is 7.06. The Morgan fingerprint density at radius 3 is 2.35 bits per heavy atom. The van der Waals surface area contributed by atoms with Crippen molar-refractivity contribution in [1.29, 1.82) is 0 Å². The SMILES string of the molecule is FC(F)Oc1ccc(C(Br)Cc2cccc(Br)c2)cc1. The van der Waals surface area contributed by atoms with Gasteiger partial charge < -0.3 is 4.74 Å². The molecule has 2 aromatic rings. The Labute approximate surface area is 133 Å². The molecular weight excluding hydrogens is 394 g/mol. The molecule has 0 aliphatic rings. The van der Waals surface area contributed by atoms with Gasteiger partial charge in [-0.25, -0.2) is 0 Å². The lowest BCUT2D eigenvalue weighted by molar-refractivity contribution is -0.0498. The van der Waals surface area contributed by atoms with Crippen molar-refractivity contribution in [2.45, 2.75) is 17.9 Å². The van der Waals surface area contributed by atoms with Crippen molar-refractivity contribution in [2.24, 2.45) is 0 Å². The van der Waals surface area contributed by atoms with Gasteiger partial charge in [0, 0.05) is 9.30 Å². The van der Waals surface area contributed by atoms with Crippen LogP contribution in [0.3, 0.4) is 0 Å². The van der Waals surface area contributed by atoms with E-state index < -0.39 is 6.61 Å². The number of hydrogen-bond donors (Lipinski definition) is 0. The highest BCUT2D eigenvalue weighted by molar-refractivity contribution is 9.10. The van der Waals surface area contributed by atoms with Crippen LogP contribution in [0.5, 0.6) is 5.75 Å². The van der Waals surface area contributed by atoms with E-state index >= 15 is 0 Å². The first-order chi connectivity index (χ1) is 9.54. The molecular formula is C15H12Br2F2O. The predicted molar refractivity (Wildman–Crippen MR) is 82.6 cm³/mol. The zero-order valence-corrected chi connectivity index (χ0v) is 13.6. The Balaban J connectivity index is 2.03. The summed E-state index contributed by atoms with van der Waals surface area (Å²) in [6, 6.07) is 14.7. The predicted octanol–water partition coefficient (Wildman–Crippen LogP) is 5.73. The first-order valence-corrected chi connectivity index (χ1v) is 7.69. The van der Waals surface area contributed by atoms with Gasteiger partial charge in [-0.15, -0.1) is 0 Å². The minimum atomic E-state index is -2.79. The molecule has 20 heavy (non-hydrogen) atoms. The summed E-state index contributed by atoms with van der Waals surface area (Å²) in [7, 11) is 0. The van der Waals surface area contributed by atoms with Crippen molar-refractivity contribution >= 4 is 31.9 Å². The standard InChI is InChI=1S/C15H12Br2F2O/c16-12-3-1-2-10(8-12)9-14(17)11-4-6-13(7-5-11)20-15(18)19/h1-8,14-15H,9H2. The molecule has 0 saturated heterocycles. The van der Waals surface area contributed by atoms with Crippen LogP contribution in [0.1, 0.15) is 16.0 Å². The summed E-state index contributed by atoms with van der Waals surface area (Å²) in [6.07, 6.45) is 0.814. The maximum absolute atomic E-state index is 12.1. The fraction of sp³-hybridized carbons (Fsp3) is 0.200. The molecule has 0 saturated carbocycles. The van der Waals surface area contributed by atoms with Gasteiger partial charge in [-0.1, -0.05) is 56.1 Å². The topological polar surface area (TPSA) is 9.23 Å². The normalized spacial score (nSPS) is 12.4. The van der Waals surface area contributed by atoms with Gasteiger partial charge in [0.1, 0.15) is 5.75 Å². The van der Waals surface area contributed by atoms with E-state index in [1.54, 1.807) is 24.3 Å². The second-order valence-corrected chi connectivity index (χ2v) is 6.27. The second-order valence-electron chi connectivity index (χ2n) is 4.25. The maximum atomic E-state index is 12.1. The molecule has 0 aliphatic carbocycles. The summed E-state index contributed by atoms with van der Waals surface area (Å²) in [6.45, 7) is -2.79. The van der Waals surface area contributed by atoms with E-state index in [0.29, 0.717) is 0 Å². The molecule has 1 unspecified atom stereocenters. The highest BCUT2D eigenvalue weighted by Crippen LogP contribution is 2.29. The lowest BCUT2D eigenvalue weighted by Gasteiger charge is -2.12. The maximum Gasteiger partial charge on any atom is 0.387 e. The Morgan fingerprint density at radius 2 is 1.75 bits per heavy atom. The Hall–Kier alpha value is -0.940. The first-order valence-electron chi connectivity index (χ1n) is 5.98. The zero-order valence-electron chi connectivity index (χ0n) is 10.4. The van der Waals surface area contributed by atoms with Crippen molar-refractivity contribution in [3.8, 4) is 5.75 Å². The number of hydrogen-bond acceptors (Lipinski definition) is 1. The molecule has 2 rings (SSSR count). The van der Waals surface area contributed by atoms with Gasteiger partial charge in [0.05, 0.1) is 0 Å². The van der Waals surface area contributed by atoms with Gasteiger partial charge in [-0.05, 0) is 41.8 Å². The van der Waals surface area contributed by atoms with Crippen molar-refractivity contribution in [3.63, 3.8) is 0 Å². The summed E-state index contributed by atoms with van der Waals surface area (Å²) in [4.78, 5) is 0.123. The molecule has 0 radical (unpaired) electrons. The second kappa shape index (κ2) is 7.18. The third-order valence-electron chi connectivity index (χ3n) is 2.77. The first kappa shape index (κ1) is 15.4. The van der Waals surface area contributed by atoms with Crippen LogP contribution in [0.25, 0.3) is 0 Å². The zero-order chi connectivity index (χ0) is 14.5. The molecule has 5 heteroatoms. The van der Waals surface area contributed by atoms with Crippen molar-refractivity contribution in [2.75, 3.05) is 0 Å². The number of halogens is 4. The fourth-order valence-electron chi connectivity index (χ4n) is 1.85. The van der Waals surface area contributed by atoms with Crippen LogP contribution in [-0.2, 0) is 6.42 Å². The van der Waals surface area contributed by atoms with E-state index in [-0.39, 0.29) is 10.6 Å². The summed E-state index contributed by atoms with van der Waals surface area (Å²) in [5, 5.41) is 0. The molecule has 0 bridgehead atoms. The molecule has 0 N–H and O–H groups in total. The van der Waals surface area contributed by atoms with E-state index in [2.05, 4.69) is 42.7 Å². The Kier molecular flexibility index (Phi) is 5.54. The van der Waals surface area contributed by atoms with E-state index in [1.165, 1.54) is 5.56 Å². The van der Waals surface area contributed by atoms with Gasteiger partial charge in [0.2, 0.25) is 0 Å². The van der Waals surface area contributed by atoms with Gasteiger partial charge in [0.15, 0.2) is 0 Å². The highest BCUT2D eigenvalue weighted by Gasteiger charge is 2.10. The monoisotopic (exact) mass is 404 g/mol. The minimum Gasteiger partial charge on any atom is -0.435 e. The summed E-state index contributed by atoms with van der Waals surface area (Å²) in [5.41, 5.74) is 2.21. The largest absolute Gasteiger partial charge is 0.435 e. The van der Waals surface area contributed by atoms with Crippen LogP contribution in [-0.4, -0.2) is 6.61 Å². The van der Waals surface area contributed by atoms with E-state index in [9.17, 15) is 8.78 Å². The van der Waals surface area contributed by atoms with E-state index in [4.69, 9.17) is 0 Å². The average Bonchev–Trinajstić information content (AvgIpc) is 2.38. The molecule has 0 fully saturated rings. The third kappa shape index (κ3) is 4.56. The molecule has 2 aromatic carbocycles. The van der Waals surface area contributed by atoms with E-state index in [1.807, 2.05) is 18.2 Å². The lowest BCUT2D eigenvalue weighted by Crippen LogP contribution is -2.02.